The summed E-state index contributed by atoms with van der Waals surface area (Å²) >= 11 is 0. The average molecular weight is 418 g/mol. The van der Waals surface area contributed by atoms with E-state index in [4.69, 9.17) is 0 Å². The van der Waals surface area contributed by atoms with E-state index in [1.165, 1.54) is 5.56 Å². The van der Waals surface area contributed by atoms with Gasteiger partial charge in [0, 0.05) is 51.4 Å². The van der Waals surface area contributed by atoms with Gasteiger partial charge in [-0.2, -0.15) is 0 Å². The van der Waals surface area contributed by atoms with Gasteiger partial charge in [0.25, 0.3) is 5.91 Å². The largest absolute Gasteiger partial charge is 0.511 e. The topological polar surface area (TPSA) is 73.6 Å². The Labute approximate surface area is 181 Å². The summed E-state index contributed by atoms with van der Waals surface area (Å²) in [6.07, 6.45) is 0.417. The maximum absolute atomic E-state index is 13.1. The average Bonchev–Trinajstić information content (AvgIpc) is 3.15. The molecule has 0 radical (unpaired) electrons. The van der Waals surface area contributed by atoms with E-state index in [2.05, 4.69) is 39.3 Å². The van der Waals surface area contributed by atoms with E-state index in [9.17, 15) is 9.90 Å². The number of imidazole rings is 1. The second-order valence-corrected chi connectivity index (χ2v) is 8.38. The van der Waals surface area contributed by atoms with Crippen molar-refractivity contribution < 1.29 is 9.90 Å². The molecule has 2 N–H and O–H groups in total. The summed E-state index contributed by atoms with van der Waals surface area (Å²) in [6, 6.07) is 15.7. The maximum atomic E-state index is 13.1. The molecule has 0 aliphatic carbocycles. The van der Waals surface area contributed by atoms with Crippen LogP contribution in [0.5, 0.6) is 0 Å². The summed E-state index contributed by atoms with van der Waals surface area (Å²) in [6.45, 7) is 5.86. The molecule has 7 nitrogen and oxygen atoms in total. The lowest BCUT2D eigenvalue weighted by Crippen LogP contribution is -2.43. The van der Waals surface area contributed by atoms with Crippen LogP contribution in [0.1, 0.15) is 17.8 Å². The predicted molar refractivity (Wildman–Crippen MR) is 122 cm³/mol. The number of para-hydroxylation sites is 2. The smallest absolute Gasteiger partial charge is 0.262 e. The van der Waals surface area contributed by atoms with Crippen molar-refractivity contribution in [2.75, 3.05) is 38.5 Å². The zero-order valence-electron chi connectivity index (χ0n) is 17.7. The third kappa shape index (κ3) is 3.94. The Bertz CT molecular complexity index is 1140. The standard InChI is InChI=1S/C24H27N5O2/c1-27-12-14-28(15-13-27)16-17-6-8-18(9-7-17)25-24(31)22-21(30)10-11-29-20-5-3-2-4-19(20)26-23(22)29/h2-9,30H,10-16H2,1H3,(H,25,31). The highest BCUT2D eigenvalue weighted by Gasteiger charge is 2.28. The SMILES string of the molecule is CN1CCN(Cc2ccc(NC(=O)C3=C(O)CCn4c3nc3ccccc34)cc2)CC1. The Hall–Kier alpha value is -3.16. The van der Waals surface area contributed by atoms with E-state index in [-0.39, 0.29) is 17.2 Å². The van der Waals surface area contributed by atoms with Gasteiger partial charge in [0.1, 0.15) is 17.2 Å². The molecule has 2 aliphatic rings. The number of aromatic nitrogens is 2. The number of fused-ring (bicyclic) bond motifs is 3. The summed E-state index contributed by atoms with van der Waals surface area (Å²) < 4.78 is 2.00. The summed E-state index contributed by atoms with van der Waals surface area (Å²) in [5.74, 6) is 0.279. The van der Waals surface area contributed by atoms with Crippen LogP contribution < -0.4 is 5.32 Å². The van der Waals surface area contributed by atoms with Crippen molar-refractivity contribution in [3.8, 4) is 0 Å². The van der Waals surface area contributed by atoms with E-state index in [1.54, 1.807) is 0 Å². The van der Waals surface area contributed by atoms with E-state index in [1.807, 2.05) is 41.0 Å². The van der Waals surface area contributed by atoms with Crippen LogP contribution in [0, 0.1) is 0 Å². The quantitative estimate of drug-likeness (QED) is 0.683. The van der Waals surface area contributed by atoms with Crippen LogP contribution >= 0.6 is 0 Å². The predicted octanol–water partition coefficient (Wildman–Crippen LogP) is 3.10. The van der Waals surface area contributed by atoms with Crippen LogP contribution in [0.15, 0.2) is 54.3 Å². The van der Waals surface area contributed by atoms with E-state index in [0.29, 0.717) is 24.5 Å². The van der Waals surface area contributed by atoms with Crippen molar-refractivity contribution in [1.29, 1.82) is 0 Å². The first-order valence-electron chi connectivity index (χ1n) is 10.8. The second-order valence-electron chi connectivity index (χ2n) is 8.38. The number of rotatable bonds is 4. The number of carbonyl (C=O) groups is 1. The van der Waals surface area contributed by atoms with Gasteiger partial charge >= 0.3 is 0 Å². The van der Waals surface area contributed by atoms with Crippen molar-refractivity contribution in [3.05, 3.63) is 65.7 Å². The Balaban J connectivity index is 1.31. The monoisotopic (exact) mass is 417 g/mol. The fourth-order valence-electron chi connectivity index (χ4n) is 4.35. The number of likely N-dealkylation sites (N-methyl/N-ethyl adjacent to an activating group) is 1. The first kappa shape index (κ1) is 19.8. The van der Waals surface area contributed by atoms with Gasteiger partial charge in [-0.1, -0.05) is 24.3 Å². The number of benzene rings is 2. The van der Waals surface area contributed by atoms with Crippen LogP contribution in [-0.4, -0.2) is 63.6 Å². The van der Waals surface area contributed by atoms with Crippen LogP contribution in [-0.2, 0) is 17.9 Å². The lowest BCUT2D eigenvalue weighted by atomic mass is 10.1. The van der Waals surface area contributed by atoms with E-state index in [0.717, 1.165) is 43.8 Å². The van der Waals surface area contributed by atoms with Crippen molar-refractivity contribution in [2.45, 2.75) is 19.5 Å². The van der Waals surface area contributed by atoms with Gasteiger partial charge < -0.3 is 19.9 Å². The number of hydrogen-bond donors (Lipinski definition) is 2. The number of hydrogen-bond acceptors (Lipinski definition) is 5. The molecule has 1 aromatic heterocycles. The molecular weight excluding hydrogens is 390 g/mol. The molecule has 0 atom stereocenters. The number of aryl methyl sites for hydroxylation is 1. The van der Waals surface area contributed by atoms with Crippen molar-refractivity contribution >= 4 is 28.2 Å². The Morgan fingerprint density at radius 2 is 1.77 bits per heavy atom. The van der Waals surface area contributed by atoms with Gasteiger partial charge in [-0.25, -0.2) is 4.98 Å². The third-order valence-electron chi connectivity index (χ3n) is 6.18. The molecule has 7 heteroatoms. The van der Waals surface area contributed by atoms with E-state index < -0.39 is 0 Å². The summed E-state index contributed by atoms with van der Waals surface area (Å²) in [4.78, 5) is 22.5. The number of anilines is 1. The lowest BCUT2D eigenvalue weighted by Gasteiger charge is -2.32. The summed E-state index contributed by atoms with van der Waals surface area (Å²) in [5, 5.41) is 13.4. The van der Waals surface area contributed by atoms with Crippen molar-refractivity contribution in [2.24, 2.45) is 0 Å². The molecule has 1 amide bonds. The Morgan fingerprint density at radius 1 is 1.03 bits per heavy atom. The van der Waals surface area contributed by atoms with Gasteiger partial charge in [-0.15, -0.1) is 0 Å². The molecule has 1 fully saturated rings. The highest BCUT2D eigenvalue weighted by atomic mass is 16.3. The van der Waals surface area contributed by atoms with Gasteiger partial charge in [-0.3, -0.25) is 9.69 Å². The molecule has 5 rings (SSSR count). The molecule has 31 heavy (non-hydrogen) atoms. The van der Waals surface area contributed by atoms with Crippen LogP contribution in [0.2, 0.25) is 0 Å². The number of nitrogens with one attached hydrogen (secondary N) is 1. The molecule has 2 aromatic carbocycles. The van der Waals surface area contributed by atoms with E-state index >= 15 is 0 Å². The molecule has 0 bridgehead atoms. The highest BCUT2D eigenvalue weighted by Crippen LogP contribution is 2.30. The zero-order chi connectivity index (χ0) is 21.4. The first-order chi connectivity index (χ1) is 15.1. The summed E-state index contributed by atoms with van der Waals surface area (Å²) in [7, 11) is 2.16. The third-order valence-corrected chi connectivity index (χ3v) is 6.18. The van der Waals surface area contributed by atoms with Gasteiger partial charge in [0.15, 0.2) is 0 Å². The number of amides is 1. The molecule has 1 saturated heterocycles. The molecule has 2 aliphatic heterocycles. The molecule has 0 saturated carbocycles. The van der Waals surface area contributed by atoms with Crippen LogP contribution in [0.3, 0.4) is 0 Å². The fraction of sp³-hybridized carbons (Fsp3) is 0.333. The number of allylic oxidation sites excluding steroid dienone is 1. The van der Waals surface area contributed by atoms with Crippen molar-refractivity contribution in [1.82, 2.24) is 19.4 Å². The fourth-order valence-corrected chi connectivity index (χ4v) is 4.35. The maximum Gasteiger partial charge on any atom is 0.262 e. The normalized spacial score (nSPS) is 17.7. The Kier molecular flexibility index (Phi) is 5.21. The lowest BCUT2D eigenvalue weighted by molar-refractivity contribution is -0.111. The minimum absolute atomic E-state index is 0.0898. The van der Waals surface area contributed by atoms with Gasteiger partial charge in [0.05, 0.1) is 11.0 Å². The molecular formula is C24H27N5O2. The number of aliphatic hydroxyl groups excluding tert-OH is 1. The summed E-state index contributed by atoms with van der Waals surface area (Å²) in [5.41, 5.74) is 3.99. The van der Waals surface area contributed by atoms with Crippen LogP contribution in [0.25, 0.3) is 16.6 Å². The molecule has 0 unspecified atom stereocenters. The van der Waals surface area contributed by atoms with Gasteiger partial charge in [0.2, 0.25) is 0 Å². The van der Waals surface area contributed by atoms with Crippen LogP contribution in [0.4, 0.5) is 5.69 Å². The number of carbonyl (C=O) groups excluding carboxylic acids is 1. The number of piperazine rings is 1. The zero-order valence-corrected chi connectivity index (χ0v) is 17.7. The minimum atomic E-state index is -0.333. The first-order valence-corrected chi connectivity index (χ1v) is 10.8. The Morgan fingerprint density at radius 3 is 2.55 bits per heavy atom. The second kappa shape index (κ2) is 8.17. The van der Waals surface area contributed by atoms with Crippen molar-refractivity contribution in [3.63, 3.8) is 0 Å². The molecule has 3 heterocycles. The minimum Gasteiger partial charge on any atom is -0.511 e. The molecule has 160 valence electrons. The molecule has 0 spiro atoms. The molecule has 3 aromatic rings. The van der Waals surface area contributed by atoms with Gasteiger partial charge in [-0.05, 0) is 36.9 Å². The highest BCUT2D eigenvalue weighted by molar-refractivity contribution is 6.25. The number of nitrogens with zero attached hydrogens (tertiary/aromatic N) is 4. The number of aliphatic hydroxyl groups is 1.